The first-order valence-corrected chi connectivity index (χ1v) is 7.48. The molecule has 0 aliphatic rings. The summed E-state index contributed by atoms with van der Waals surface area (Å²) in [5, 5.41) is 7.03. The predicted octanol–water partition coefficient (Wildman–Crippen LogP) is 1.72. The highest BCUT2D eigenvalue weighted by atomic mass is 35.5. The van der Waals surface area contributed by atoms with Gasteiger partial charge in [0.05, 0.1) is 11.8 Å². The van der Waals surface area contributed by atoms with Crippen LogP contribution in [0.5, 0.6) is 0 Å². The number of nitrogens with two attached hydrogens (primary N) is 1. The maximum absolute atomic E-state index is 12.1. The second kappa shape index (κ2) is 5.28. The Morgan fingerprint density at radius 1 is 1.37 bits per heavy atom. The Labute approximate surface area is 115 Å². The molecule has 1 atom stereocenters. The number of benzene rings is 1. The van der Waals surface area contributed by atoms with Crippen LogP contribution in [0.3, 0.4) is 0 Å². The summed E-state index contributed by atoms with van der Waals surface area (Å²) in [5.74, 6) is -0.217. The minimum absolute atomic E-state index is 0.0812. The van der Waals surface area contributed by atoms with Crippen LogP contribution in [0.15, 0.2) is 33.9 Å². The summed E-state index contributed by atoms with van der Waals surface area (Å²) in [7, 11) is -3.73. The van der Waals surface area contributed by atoms with Gasteiger partial charge in [-0.15, -0.1) is 5.10 Å². The maximum atomic E-state index is 12.1. The normalized spacial score (nSPS) is 13.4. The van der Waals surface area contributed by atoms with E-state index in [9.17, 15) is 8.42 Å². The van der Waals surface area contributed by atoms with Gasteiger partial charge in [0.25, 0.3) is 0 Å². The second-order valence-electron chi connectivity index (χ2n) is 4.05. The van der Waals surface area contributed by atoms with Crippen LogP contribution in [0.1, 0.15) is 24.4 Å². The summed E-state index contributed by atoms with van der Waals surface area (Å²) in [6.07, 6.45) is 0. The number of sulfone groups is 1. The lowest BCUT2D eigenvalue weighted by atomic mass is 10.2. The summed E-state index contributed by atoms with van der Waals surface area (Å²) in [5.41, 5.74) is 6.01. The van der Waals surface area contributed by atoms with Crippen molar-refractivity contribution in [2.75, 3.05) is 0 Å². The minimum atomic E-state index is -3.73. The molecule has 2 N–H and O–H groups in total. The zero-order chi connectivity index (χ0) is 14.0. The van der Waals surface area contributed by atoms with E-state index in [0.29, 0.717) is 10.6 Å². The molecule has 0 amide bonds. The zero-order valence-electron chi connectivity index (χ0n) is 10.1. The molecule has 0 aliphatic carbocycles. The molecule has 1 aromatic heterocycles. The summed E-state index contributed by atoms with van der Waals surface area (Å²) in [6, 6.07) is 6.16. The summed E-state index contributed by atoms with van der Waals surface area (Å²) in [6.45, 7) is 1.62. The fourth-order valence-electron chi connectivity index (χ4n) is 1.41. The van der Waals surface area contributed by atoms with Crippen molar-refractivity contribution in [3.63, 3.8) is 0 Å². The van der Waals surface area contributed by atoms with Crippen molar-refractivity contribution in [3.8, 4) is 0 Å². The highest BCUT2D eigenvalue weighted by Crippen LogP contribution is 2.22. The van der Waals surface area contributed by atoms with Gasteiger partial charge in [-0.25, -0.2) is 8.42 Å². The molecule has 19 heavy (non-hydrogen) atoms. The molecule has 0 saturated heterocycles. The molecule has 2 rings (SSSR count). The Kier molecular flexibility index (Phi) is 3.88. The number of rotatable bonds is 4. The van der Waals surface area contributed by atoms with E-state index in [-0.39, 0.29) is 11.6 Å². The number of nitrogens with zero attached hydrogens (tertiary/aromatic N) is 2. The topological polar surface area (TPSA) is 99.1 Å². The van der Waals surface area contributed by atoms with Gasteiger partial charge in [-0.3, -0.25) is 0 Å². The Balaban J connectivity index is 2.30. The van der Waals surface area contributed by atoms with E-state index in [4.69, 9.17) is 21.8 Å². The van der Waals surface area contributed by atoms with Gasteiger partial charge in [-0.05, 0) is 18.6 Å². The molecule has 0 bridgehead atoms. The van der Waals surface area contributed by atoms with Crippen LogP contribution in [-0.4, -0.2) is 18.6 Å². The second-order valence-corrected chi connectivity index (χ2v) is 6.32. The van der Waals surface area contributed by atoms with E-state index in [0.717, 1.165) is 0 Å². The maximum Gasteiger partial charge on any atom is 0.335 e. The Bertz CT molecular complexity index is 682. The standard InChI is InChI=1S/C11H12ClN3O3S/c1-7(13)10-14-15-11(18-10)19(16,17)6-8-4-2-3-5-9(8)12/h2-5,7H,6,13H2,1H3. The van der Waals surface area contributed by atoms with E-state index in [2.05, 4.69) is 10.2 Å². The fraction of sp³-hybridized carbons (Fsp3) is 0.273. The van der Waals surface area contributed by atoms with E-state index in [1.807, 2.05) is 0 Å². The molecule has 6 nitrogen and oxygen atoms in total. The van der Waals surface area contributed by atoms with Gasteiger partial charge in [0.1, 0.15) is 0 Å². The quantitative estimate of drug-likeness (QED) is 0.923. The number of hydrogen-bond donors (Lipinski definition) is 1. The van der Waals surface area contributed by atoms with Crippen molar-refractivity contribution in [3.05, 3.63) is 40.7 Å². The van der Waals surface area contributed by atoms with E-state index in [1.165, 1.54) is 0 Å². The van der Waals surface area contributed by atoms with Crippen LogP contribution < -0.4 is 5.73 Å². The van der Waals surface area contributed by atoms with Crippen molar-refractivity contribution in [1.29, 1.82) is 0 Å². The third-order valence-corrected chi connectivity index (χ3v) is 4.14. The van der Waals surface area contributed by atoms with Crippen LogP contribution in [0, 0.1) is 0 Å². The molecule has 102 valence electrons. The summed E-state index contributed by atoms with van der Waals surface area (Å²) < 4.78 is 29.2. The fourth-order valence-corrected chi connectivity index (χ4v) is 2.86. The lowest BCUT2D eigenvalue weighted by Crippen LogP contribution is -2.06. The van der Waals surface area contributed by atoms with Crippen molar-refractivity contribution < 1.29 is 12.8 Å². The highest BCUT2D eigenvalue weighted by Gasteiger charge is 2.24. The van der Waals surface area contributed by atoms with Gasteiger partial charge in [0.2, 0.25) is 15.7 Å². The molecule has 0 aliphatic heterocycles. The molecular weight excluding hydrogens is 290 g/mol. The molecule has 1 unspecified atom stereocenters. The molecule has 2 aromatic rings. The van der Waals surface area contributed by atoms with Gasteiger partial charge >= 0.3 is 5.22 Å². The summed E-state index contributed by atoms with van der Waals surface area (Å²) in [4.78, 5) is 0. The lowest BCUT2D eigenvalue weighted by molar-refractivity contribution is 0.380. The van der Waals surface area contributed by atoms with Crippen LogP contribution in [0.4, 0.5) is 0 Å². The predicted molar refractivity (Wildman–Crippen MR) is 69.2 cm³/mol. The molecule has 8 heteroatoms. The lowest BCUT2D eigenvalue weighted by Gasteiger charge is -2.02. The van der Waals surface area contributed by atoms with Crippen LogP contribution in [0.25, 0.3) is 0 Å². The summed E-state index contributed by atoms with van der Waals surface area (Å²) >= 11 is 5.92. The first-order valence-electron chi connectivity index (χ1n) is 5.45. The molecular formula is C11H12ClN3O3S. The largest absolute Gasteiger partial charge is 0.411 e. The minimum Gasteiger partial charge on any atom is -0.411 e. The van der Waals surface area contributed by atoms with Crippen molar-refractivity contribution >= 4 is 21.4 Å². The third kappa shape index (κ3) is 3.12. The van der Waals surface area contributed by atoms with Gasteiger partial charge in [-0.1, -0.05) is 34.9 Å². The molecule has 0 radical (unpaired) electrons. The Hall–Kier alpha value is -1.44. The van der Waals surface area contributed by atoms with Crippen molar-refractivity contribution in [2.45, 2.75) is 23.9 Å². The van der Waals surface area contributed by atoms with Gasteiger partial charge < -0.3 is 10.2 Å². The van der Waals surface area contributed by atoms with E-state index < -0.39 is 21.1 Å². The van der Waals surface area contributed by atoms with Crippen molar-refractivity contribution in [2.24, 2.45) is 5.73 Å². The van der Waals surface area contributed by atoms with E-state index in [1.54, 1.807) is 31.2 Å². The third-order valence-electron chi connectivity index (χ3n) is 2.38. The van der Waals surface area contributed by atoms with Crippen LogP contribution >= 0.6 is 11.6 Å². The van der Waals surface area contributed by atoms with Gasteiger partial charge in [0, 0.05) is 5.02 Å². The zero-order valence-corrected chi connectivity index (χ0v) is 11.6. The molecule has 0 saturated carbocycles. The molecule has 1 heterocycles. The monoisotopic (exact) mass is 301 g/mol. The Morgan fingerprint density at radius 2 is 2.05 bits per heavy atom. The van der Waals surface area contributed by atoms with Gasteiger partial charge in [0.15, 0.2) is 0 Å². The van der Waals surface area contributed by atoms with Crippen LogP contribution in [-0.2, 0) is 15.6 Å². The number of halogens is 1. The molecule has 0 fully saturated rings. The number of hydrogen-bond acceptors (Lipinski definition) is 6. The number of aromatic nitrogens is 2. The Morgan fingerprint density at radius 3 is 2.63 bits per heavy atom. The first-order chi connectivity index (χ1) is 8.90. The van der Waals surface area contributed by atoms with E-state index >= 15 is 0 Å². The molecule has 0 spiro atoms. The molecule has 1 aromatic carbocycles. The average Bonchev–Trinajstić information content (AvgIpc) is 2.82. The van der Waals surface area contributed by atoms with Crippen LogP contribution in [0.2, 0.25) is 5.02 Å². The highest BCUT2D eigenvalue weighted by molar-refractivity contribution is 7.90. The van der Waals surface area contributed by atoms with Crippen molar-refractivity contribution in [1.82, 2.24) is 10.2 Å². The smallest absolute Gasteiger partial charge is 0.335 e. The average molecular weight is 302 g/mol. The SMILES string of the molecule is CC(N)c1nnc(S(=O)(=O)Cc2ccccc2Cl)o1. The first kappa shape index (κ1) is 14.0. The van der Waals surface area contributed by atoms with Gasteiger partial charge in [-0.2, -0.15) is 0 Å².